The van der Waals surface area contributed by atoms with Gasteiger partial charge in [-0.1, -0.05) is 30.3 Å². The van der Waals surface area contributed by atoms with E-state index in [9.17, 15) is 19.2 Å². The molecule has 2 aliphatic heterocycles. The maximum atomic E-state index is 13.2. The molecule has 0 radical (unpaired) electrons. The van der Waals surface area contributed by atoms with E-state index in [-0.39, 0.29) is 29.2 Å². The first kappa shape index (κ1) is 22.7. The largest absolute Gasteiger partial charge is 0.341 e. The molecule has 0 N–H and O–H groups in total. The Kier molecular flexibility index (Phi) is 6.06. The van der Waals surface area contributed by atoms with Gasteiger partial charge in [-0.2, -0.15) is 0 Å². The van der Waals surface area contributed by atoms with Gasteiger partial charge in [-0.3, -0.25) is 24.1 Å². The molecule has 0 unspecified atom stereocenters. The standard InChI is InChI=1S/C26H29N3O4/c1-26(2,3)29-24(32)20-11-10-19(17-21(20)25(29)33)23(31)28-13-7-12-27(14-15-28)22(30)16-18-8-5-4-6-9-18/h4-6,8-11,17H,7,12-16H2,1-3H3. The highest BCUT2D eigenvalue weighted by molar-refractivity contribution is 6.22. The van der Waals surface area contributed by atoms with Crippen LogP contribution in [-0.4, -0.2) is 70.0 Å². The van der Waals surface area contributed by atoms with Crippen molar-refractivity contribution in [2.75, 3.05) is 26.2 Å². The molecule has 4 amide bonds. The van der Waals surface area contributed by atoms with Gasteiger partial charge >= 0.3 is 0 Å². The number of fused-ring (bicyclic) bond motifs is 1. The predicted octanol–water partition coefficient (Wildman–Crippen LogP) is 3.00. The number of rotatable bonds is 3. The minimum absolute atomic E-state index is 0.0550. The summed E-state index contributed by atoms with van der Waals surface area (Å²) in [6.45, 7) is 7.46. The zero-order chi connectivity index (χ0) is 23.8. The molecule has 0 aromatic heterocycles. The van der Waals surface area contributed by atoms with E-state index < -0.39 is 5.54 Å². The van der Waals surface area contributed by atoms with Crippen molar-refractivity contribution in [3.05, 3.63) is 70.8 Å². The average Bonchev–Trinajstić information content (AvgIpc) is 2.93. The van der Waals surface area contributed by atoms with Crippen LogP contribution in [0.5, 0.6) is 0 Å². The summed E-state index contributed by atoms with van der Waals surface area (Å²) >= 11 is 0. The number of hydrogen-bond acceptors (Lipinski definition) is 4. The van der Waals surface area contributed by atoms with Crippen LogP contribution in [-0.2, 0) is 11.2 Å². The quantitative estimate of drug-likeness (QED) is 0.678. The second-order valence-electron chi connectivity index (χ2n) is 9.57. The third kappa shape index (κ3) is 4.53. The Morgan fingerprint density at radius 2 is 1.45 bits per heavy atom. The monoisotopic (exact) mass is 447 g/mol. The SMILES string of the molecule is CC(C)(C)N1C(=O)c2ccc(C(=O)N3CCCN(C(=O)Cc4ccccc4)CC3)cc2C1=O. The van der Waals surface area contributed by atoms with Crippen molar-refractivity contribution < 1.29 is 19.2 Å². The van der Waals surface area contributed by atoms with Crippen molar-refractivity contribution in [2.24, 2.45) is 0 Å². The molecule has 0 atom stereocenters. The second-order valence-corrected chi connectivity index (χ2v) is 9.57. The van der Waals surface area contributed by atoms with E-state index in [1.165, 1.54) is 11.0 Å². The fraction of sp³-hybridized carbons (Fsp3) is 0.385. The first-order valence-corrected chi connectivity index (χ1v) is 11.3. The number of hydrogen-bond donors (Lipinski definition) is 0. The van der Waals surface area contributed by atoms with Crippen molar-refractivity contribution >= 4 is 23.6 Å². The van der Waals surface area contributed by atoms with E-state index in [0.29, 0.717) is 50.1 Å². The third-order valence-electron chi connectivity index (χ3n) is 6.14. The van der Waals surface area contributed by atoms with Crippen LogP contribution in [0.2, 0.25) is 0 Å². The lowest BCUT2D eigenvalue weighted by Crippen LogP contribution is -2.45. The normalized spacial score (nSPS) is 16.6. The highest BCUT2D eigenvalue weighted by Gasteiger charge is 2.42. The highest BCUT2D eigenvalue weighted by atomic mass is 16.2. The lowest BCUT2D eigenvalue weighted by molar-refractivity contribution is -0.130. The smallest absolute Gasteiger partial charge is 0.262 e. The molecule has 2 aromatic rings. The second kappa shape index (κ2) is 8.81. The maximum Gasteiger partial charge on any atom is 0.262 e. The Hall–Kier alpha value is -3.48. The van der Waals surface area contributed by atoms with Gasteiger partial charge in [0.25, 0.3) is 17.7 Å². The van der Waals surface area contributed by atoms with Gasteiger partial charge in [0, 0.05) is 37.3 Å². The molecule has 33 heavy (non-hydrogen) atoms. The summed E-state index contributed by atoms with van der Waals surface area (Å²) in [6, 6.07) is 14.4. The number of amides is 4. The van der Waals surface area contributed by atoms with Crippen molar-refractivity contribution in [1.29, 1.82) is 0 Å². The fourth-order valence-electron chi connectivity index (χ4n) is 4.42. The van der Waals surface area contributed by atoms with Crippen LogP contribution in [0.1, 0.15) is 63.8 Å². The molecule has 1 saturated heterocycles. The van der Waals surface area contributed by atoms with Gasteiger partial charge in [0.1, 0.15) is 0 Å². The van der Waals surface area contributed by atoms with E-state index in [4.69, 9.17) is 0 Å². The number of carbonyl (C=O) groups excluding carboxylic acids is 4. The fourth-order valence-corrected chi connectivity index (χ4v) is 4.42. The topological polar surface area (TPSA) is 78.0 Å². The molecule has 1 fully saturated rings. The van der Waals surface area contributed by atoms with E-state index in [1.54, 1.807) is 17.0 Å². The van der Waals surface area contributed by atoms with Gasteiger partial charge < -0.3 is 9.80 Å². The lowest BCUT2D eigenvalue weighted by Gasteiger charge is -2.29. The van der Waals surface area contributed by atoms with Gasteiger partial charge in [0.15, 0.2) is 0 Å². The molecule has 2 heterocycles. The third-order valence-corrected chi connectivity index (χ3v) is 6.14. The summed E-state index contributed by atoms with van der Waals surface area (Å²) in [6.07, 6.45) is 1.03. The van der Waals surface area contributed by atoms with Crippen molar-refractivity contribution in [2.45, 2.75) is 39.2 Å². The Morgan fingerprint density at radius 3 is 2.15 bits per heavy atom. The van der Waals surface area contributed by atoms with E-state index in [0.717, 1.165) is 5.56 Å². The van der Waals surface area contributed by atoms with E-state index in [2.05, 4.69) is 0 Å². The molecule has 2 aliphatic rings. The number of imide groups is 1. The summed E-state index contributed by atoms with van der Waals surface area (Å²) in [5, 5.41) is 0. The van der Waals surface area contributed by atoms with E-state index >= 15 is 0 Å². The van der Waals surface area contributed by atoms with Crippen molar-refractivity contribution in [3.8, 4) is 0 Å². The zero-order valence-electron chi connectivity index (χ0n) is 19.3. The molecule has 0 spiro atoms. The van der Waals surface area contributed by atoms with Crippen molar-refractivity contribution in [3.63, 3.8) is 0 Å². The van der Waals surface area contributed by atoms with Crippen LogP contribution >= 0.6 is 0 Å². The molecule has 7 nitrogen and oxygen atoms in total. The minimum Gasteiger partial charge on any atom is -0.341 e. The van der Waals surface area contributed by atoms with Crippen LogP contribution in [0.3, 0.4) is 0 Å². The highest BCUT2D eigenvalue weighted by Crippen LogP contribution is 2.30. The number of carbonyl (C=O) groups is 4. The average molecular weight is 448 g/mol. The minimum atomic E-state index is -0.641. The Labute approximate surface area is 194 Å². The first-order valence-electron chi connectivity index (χ1n) is 11.3. The van der Waals surface area contributed by atoms with Gasteiger partial charge in [-0.25, -0.2) is 0 Å². The van der Waals surface area contributed by atoms with E-state index in [1.807, 2.05) is 56.0 Å². The summed E-state index contributed by atoms with van der Waals surface area (Å²) < 4.78 is 0. The molecule has 4 rings (SSSR count). The summed E-state index contributed by atoms with van der Waals surface area (Å²) in [4.78, 5) is 56.2. The van der Waals surface area contributed by atoms with Crippen LogP contribution in [0.4, 0.5) is 0 Å². The van der Waals surface area contributed by atoms with Crippen LogP contribution in [0.25, 0.3) is 0 Å². The number of benzene rings is 2. The molecule has 0 aliphatic carbocycles. The zero-order valence-corrected chi connectivity index (χ0v) is 19.3. The molecular weight excluding hydrogens is 418 g/mol. The molecule has 172 valence electrons. The predicted molar refractivity (Wildman–Crippen MR) is 124 cm³/mol. The van der Waals surface area contributed by atoms with Gasteiger partial charge in [-0.05, 0) is 51.0 Å². The molecule has 0 saturated carbocycles. The lowest BCUT2D eigenvalue weighted by atomic mass is 10.0. The Bertz CT molecular complexity index is 1100. The van der Waals surface area contributed by atoms with Crippen molar-refractivity contribution in [1.82, 2.24) is 14.7 Å². The van der Waals surface area contributed by atoms with Crippen LogP contribution in [0.15, 0.2) is 48.5 Å². The van der Waals surface area contributed by atoms with Gasteiger partial charge in [-0.15, -0.1) is 0 Å². The Morgan fingerprint density at radius 1 is 0.818 bits per heavy atom. The summed E-state index contributed by atoms with van der Waals surface area (Å²) in [5.41, 5.74) is 1.32. The first-order chi connectivity index (χ1) is 15.7. The molecular formula is C26H29N3O4. The molecule has 2 aromatic carbocycles. The van der Waals surface area contributed by atoms with Gasteiger partial charge in [0.05, 0.1) is 17.5 Å². The van der Waals surface area contributed by atoms with Gasteiger partial charge in [0.2, 0.25) is 5.91 Å². The van der Waals surface area contributed by atoms with Crippen LogP contribution < -0.4 is 0 Å². The summed E-state index contributed by atoms with van der Waals surface area (Å²) in [7, 11) is 0. The maximum absolute atomic E-state index is 13.2. The molecule has 0 bridgehead atoms. The van der Waals surface area contributed by atoms with Crippen LogP contribution in [0, 0.1) is 0 Å². The summed E-state index contributed by atoms with van der Waals surface area (Å²) in [5.74, 6) is -0.835. The molecule has 7 heteroatoms. The number of nitrogens with zero attached hydrogens (tertiary/aromatic N) is 3. The Balaban J connectivity index is 1.45.